The maximum absolute atomic E-state index is 12.9. The first kappa shape index (κ1) is 27.7. The van der Waals surface area contributed by atoms with Crippen LogP contribution in [0.15, 0.2) is 46.6 Å². The summed E-state index contributed by atoms with van der Waals surface area (Å²) in [6, 6.07) is 6.90. The Balaban J connectivity index is 2.60. The van der Waals surface area contributed by atoms with Crippen molar-refractivity contribution in [1.29, 1.82) is 0 Å². The van der Waals surface area contributed by atoms with Gasteiger partial charge in [0.15, 0.2) is 21.3 Å². The van der Waals surface area contributed by atoms with E-state index in [-0.39, 0.29) is 32.1 Å². The maximum Gasteiger partial charge on any atom is 0.369 e. The van der Waals surface area contributed by atoms with E-state index in [4.69, 9.17) is 13.9 Å². The van der Waals surface area contributed by atoms with E-state index < -0.39 is 21.6 Å². The first-order chi connectivity index (χ1) is 16.9. The summed E-state index contributed by atoms with van der Waals surface area (Å²) < 4.78 is 31.0. The molecule has 0 aliphatic carbocycles. The highest BCUT2D eigenvalue weighted by atomic mass is 32.2. The molecule has 0 spiro atoms. The van der Waals surface area contributed by atoms with Crippen LogP contribution >= 0.6 is 0 Å². The van der Waals surface area contributed by atoms with Gasteiger partial charge in [-0.15, -0.1) is 5.01 Å². The lowest BCUT2D eigenvalue weighted by Gasteiger charge is -2.09. The van der Waals surface area contributed by atoms with Crippen LogP contribution in [0.3, 0.4) is 0 Å². The molecular formula is C19H25N6O10S+3. The van der Waals surface area contributed by atoms with Gasteiger partial charge in [0.25, 0.3) is 20.1 Å². The Labute approximate surface area is 205 Å². The van der Waals surface area contributed by atoms with Gasteiger partial charge in [-0.3, -0.25) is 9.63 Å². The number of rotatable bonds is 12. The number of hydrogen-bond acceptors (Lipinski definition) is 11. The molecule has 194 valence electrons. The number of nitrogens with zero attached hydrogens (tertiary/aromatic N) is 5. The van der Waals surface area contributed by atoms with Gasteiger partial charge in [0, 0.05) is 18.7 Å². The summed E-state index contributed by atoms with van der Waals surface area (Å²) in [6.07, 6.45) is 0. The van der Waals surface area contributed by atoms with E-state index in [0.717, 1.165) is 31.3 Å². The molecule has 2 rings (SSSR count). The Hall–Kier alpha value is -4.54. The lowest BCUT2D eigenvalue weighted by atomic mass is 10.2. The van der Waals surface area contributed by atoms with Crippen molar-refractivity contribution in [2.24, 2.45) is 5.28 Å². The first-order valence-electron chi connectivity index (χ1n) is 9.85. The van der Waals surface area contributed by atoms with Crippen molar-refractivity contribution in [3.63, 3.8) is 0 Å². The molecule has 1 amide bonds. The van der Waals surface area contributed by atoms with Crippen molar-refractivity contribution < 1.29 is 51.6 Å². The van der Waals surface area contributed by atoms with Crippen LogP contribution in [0.4, 0.5) is 17.1 Å². The summed E-state index contributed by atoms with van der Waals surface area (Å²) in [4.78, 5) is 55.6. The summed E-state index contributed by atoms with van der Waals surface area (Å²) in [5.74, 6) is -1.27. The number of nitrogens with one attached hydrogen (secondary N) is 1. The van der Waals surface area contributed by atoms with Crippen LogP contribution in [0.25, 0.3) is 0 Å². The van der Waals surface area contributed by atoms with Gasteiger partial charge in [0.05, 0.1) is 23.9 Å². The standard InChI is InChI=1S/C19H24N6O10S/c1-13(26)20-14-7-9-15(10-8-14)36(29,30)35-19-12-18(34-21-25(33-6)22(2)3)16(23(27)31-4)11-17(19)24(28)32-5/h7-12H,1-6H3/q+2/p+1. The Morgan fingerprint density at radius 3 is 1.94 bits per heavy atom. The largest absolute Gasteiger partial charge is 0.371 e. The monoisotopic (exact) mass is 529 g/mol. The minimum Gasteiger partial charge on any atom is -0.371 e. The lowest BCUT2D eigenvalue weighted by Crippen LogP contribution is -2.26. The molecule has 17 heteroatoms. The van der Waals surface area contributed by atoms with Gasteiger partial charge in [-0.25, -0.2) is 14.5 Å². The van der Waals surface area contributed by atoms with Gasteiger partial charge >= 0.3 is 21.5 Å². The highest BCUT2D eigenvalue weighted by Crippen LogP contribution is 2.41. The zero-order chi connectivity index (χ0) is 27.0. The van der Waals surface area contributed by atoms with E-state index in [1.54, 1.807) is 14.1 Å². The highest BCUT2D eigenvalue weighted by molar-refractivity contribution is 7.87. The van der Waals surface area contributed by atoms with Crippen molar-refractivity contribution in [3.8, 4) is 11.5 Å². The summed E-state index contributed by atoms with van der Waals surface area (Å²) in [6.45, 7) is 1.30. The van der Waals surface area contributed by atoms with E-state index in [1.165, 1.54) is 43.3 Å². The Kier molecular flexibility index (Phi) is 9.03. The molecule has 0 radical (unpaired) electrons. The molecule has 0 heterocycles. The second kappa shape index (κ2) is 11.7. The fraction of sp³-hybridized carbons (Fsp3) is 0.316. The number of carbonyl (C=O) groups is 1. The maximum atomic E-state index is 12.9. The van der Waals surface area contributed by atoms with Gasteiger partial charge < -0.3 is 9.50 Å². The third kappa shape index (κ3) is 6.75. The van der Waals surface area contributed by atoms with Crippen LogP contribution in [-0.2, 0) is 29.4 Å². The summed E-state index contributed by atoms with van der Waals surface area (Å²) in [5.41, 5.74) is -0.534. The molecule has 0 saturated carbocycles. The van der Waals surface area contributed by atoms with Crippen molar-refractivity contribution in [1.82, 2.24) is 5.01 Å². The smallest absolute Gasteiger partial charge is 0.369 e. The van der Waals surface area contributed by atoms with E-state index in [1.807, 2.05) is 0 Å². The topological polar surface area (TPSA) is 168 Å². The molecule has 0 aliphatic heterocycles. The molecule has 0 saturated heterocycles. The van der Waals surface area contributed by atoms with Gasteiger partial charge in [-0.05, 0) is 24.3 Å². The van der Waals surface area contributed by atoms with Crippen molar-refractivity contribution in [3.05, 3.63) is 46.2 Å². The van der Waals surface area contributed by atoms with Gasteiger partial charge in [-0.2, -0.15) is 8.42 Å². The van der Waals surface area contributed by atoms with Gasteiger partial charge in [0.2, 0.25) is 17.4 Å². The molecule has 0 atom stereocenters. The summed E-state index contributed by atoms with van der Waals surface area (Å²) in [7, 11) is 1.99. The number of carbonyl (C=O) groups excluding carboxylic acids is 1. The van der Waals surface area contributed by atoms with Crippen LogP contribution in [0.5, 0.6) is 11.5 Å². The van der Waals surface area contributed by atoms with Crippen molar-refractivity contribution in [2.75, 3.05) is 40.7 Å². The average Bonchev–Trinajstić information content (AvgIpc) is 2.83. The molecule has 0 aromatic heterocycles. The first-order valence-corrected chi connectivity index (χ1v) is 11.3. The Morgan fingerprint density at radius 2 is 1.47 bits per heavy atom. The van der Waals surface area contributed by atoms with E-state index in [9.17, 15) is 23.0 Å². The molecular weight excluding hydrogens is 504 g/mol. The fourth-order valence-electron chi connectivity index (χ4n) is 2.58. The minimum absolute atomic E-state index is 0.0102. The molecule has 0 fully saturated rings. The zero-order valence-electron chi connectivity index (χ0n) is 20.2. The highest BCUT2D eigenvalue weighted by Gasteiger charge is 2.37. The number of hydrogen-bond donors (Lipinski definition) is 1. The second-order valence-corrected chi connectivity index (χ2v) is 8.41. The van der Waals surface area contributed by atoms with Crippen molar-refractivity contribution in [2.45, 2.75) is 11.8 Å². The molecule has 2 aromatic rings. The van der Waals surface area contributed by atoms with E-state index >= 15 is 0 Å². The molecule has 16 nitrogen and oxygen atoms in total. The van der Waals surface area contributed by atoms with Gasteiger partial charge in [-0.1, -0.05) is 0 Å². The molecule has 36 heavy (non-hydrogen) atoms. The van der Waals surface area contributed by atoms with E-state index in [0.29, 0.717) is 5.69 Å². The zero-order valence-corrected chi connectivity index (χ0v) is 21.0. The average molecular weight is 530 g/mol. The molecule has 1 N–H and O–H groups in total. The predicted octanol–water partition coefficient (Wildman–Crippen LogP) is 2.15. The third-order valence-electron chi connectivity index (χ3n) is 4.14. The van der Waals surface area contributed by atoms with Crippen LogP contribution in [0, 0.1) is 9.81 Å². The minimum atomic E-state index is -4.51. The quantitative estimate of drug-likeness (QED) is 0.185. The lowest BCUT2D eigenvalue weighted by molar-refractivity contribution is -0.935. The molecule has 0 unspecified atom stereocenters. The molecule has 0 aliphatic rings. The number of anilines is 1. The van der Waals surface area contributed by atoms with Crippen LogP contribution < -0.4 is 14.3 Å². The number of benzene rings is 2. The SMILES string of the molecule is CO[N+](=O)c1cc([N+](=O)OC)c(OS(=O)(=O)c2ccc(NC(C)=O)cc2)cc1ON=[N+](OC)N(C)C. The molecule has 0 bridgehead atoms. The molecule has 2 aromatic carbocycles. The second-order valence-electron chi connectivity index (χ2n) is 6.87. The number of hydrazine groups is 1. The fourth-order valence-corrected chi connectivity index (χ4v) is 3.52. The normalized spacial score (nSPS) is 11.2. The Bertz CT molecular complexity index is 1280. The number of amides is 1. The summed E-state index contributed by atoms with van der Waals surface area (Å²) in [5, 5.41) is 7.54. The van der Waals surface area contributed by atoms with Crippen molar-refractivity contribution >= 4 is 33.1 Å². The van der Waals surface area contributed by atoms with Crippen LogP contribution in [0.1, 0.15) is 6.92 Å². The third-order valence-corrected chi connectivity index (χ3v) is 5.39. The summed E-state index contributed by atoms with van der Waals surface area (Å²) >= 11 is 0. The van der Waals surface area contributed by atoms with E-state index in [2.05, 4.69) is 20.3 Å². The van der Waals surface area contributed by atoms with Gasteiger partial charge in [0.1, 0.15) is 11.0 Å². The Morgan fingerprint density at radius 1 is 0.917 bits per heavy atom. The van der Waals surface area contributed by atoms with Crippen LogP contribution in [-0.4, -0.2) is 69.6 Å². The predicted molar refractivity (Wildman–Crippen MR) is 120 cm³/mol. The van der Waals surface area contributed by atoms with Crippen LogP contribution in [0.2, 0.25) is 0 Å².